The monoisotopic (exact) mass is 303 g/mol. The number of nitriles is 3. The van der Waals surface area contributed by atoms with Crippen molar-refractivity contribution in [2.45, 2.75) is 20.0 Å². The van der Waals surface area contributed by atoms with E-state index in [1.807, 2.05) is 23.3 Å². The third kappa shape index (κ3) is 6.88. The molecular formula is C13H15BFN5O2. The van der Waals surface area contributed by atoms with E-state index in [-0.39, 0.29) is 5.97 Å². The number of aromatic nitrogens is 2. The van der Waals surface area contributed by atoms with Crippen molar-refractivity contribution in [3.05, 3.63) is 31.4 Å². The molecule has 0 amide bonds. The lowest BCUT2D eigenvalue weighted by molar-refractivity contribution is -0.697. The second-order valence-corrected chi connectivity index (χ2v) is 4.00. The van der Waals surface area contributed by atoms with E-state index in [0.29, 0.717) is 13.2 Å². The van der Waals surface area contributed by atoms with Crippen molar-refractivity contribution in [3.8, 4) is 17.9 Å². The molecule has 0 aliphatic carbocycles. The van der Waals surface area contributed by atoms with Gasteiger partial charge in [0.15, 0.2) is 0 Å². The summed E-state index contributed by atoms with van der Waals surface area (Å²) in [6.07, 6.45) is 3.53. The van der Waals surface area contributed by atoms with Crippen LogP contribution in [0.1, 0.15) is 6.92 Å². The SMILES string of the molecule is C=CC(=O)OCC[n+]1ccn(CC)c1.N#C[B-](F)(C#N)C#N. The molecule has 0 aliphatic heterocycles. The molecule has 114 valence electrons. The Bertz CT molecular complexity index is 602. The van der Waals surface area contributed by atoms with Crippen molar-refractivity contribution in [1.82, 2.24) is 4.57 Å². The van der Waals surface area contributed by atoms with Crippen LogP contribution in [0.4, 0.5) is 4.32 Å². The third-order valence-corrected chi connectivity index (χ3v) is 2.41. The lowest BCUT2D eigenvalue weighted by Gasteiger charge is -1.98. The van der Waals surface area contributed by atoms with Gasteiger partial charge >= 0.3 is 12.4 Å². The molecule has 0 aromatic carbocycles. The van der Waals surface area contributed by atoms with Gasteiger partial charge in [0.05, 0.1) is 6.54 Å². The smallest absolute Gasteiger partial charge is 0.436 e. The third-order valence-electron chi connectivity index (χ3n) is 2.41. The maximum Gasteiger partial charge on any atom is 0.436 e. The van der Waals surface area contributed by atoms with E-state index in [9.17, 15) is 9.11 Å². The number of carbonyl (C=O) groups excluding carboxylic acids is 1. The van der Waals surface area contributed by atoms with Gasteiger partial charge in [-0.25, -0.2) is 29.7 Å². The summed E-state index contributed by atoms with van der Waals surface area (Å²) >= 11 is 0. The zero-order valence-electron chi connectivity index (χ0n) is 12.1. The van der Waals surface area contributed by atoms with E-state index in [1.165, 1.54) is 6.08 Å². The Morgan fingerprint density at radius 3 is 2.41 bits per heavy atom. The number of hydrogen-bond acceptors (Lipinski definition) is 5. The van der Waals surface area contributed by atoms with Gasteiger partial charge in [0.1, 0.15) is 25.5 Å². The predicted octanol–water partition coefficient (Wildman–Crippen LogP) is 0.614. The fourth-order valence-electron chi connectivity index (χ4n) is 1.16. The van der Waals surface area contributed by atoms with Gasteiger partial charge in [-0.15, -0.1) is 0 Å². The Morgan fingerprint density at radius 2 is 2.05 bits per heavy atom. The number of esters is 1. The lowest BCUT2D eigenvalue weighted by Crippen LogP contribution is -2.34. The fraction of sp³-hybridized carbons (Fsp3) is 0.308. The van der Waals surface area contributed by atoms with Crippen LogP contribution in [0, 0.1) is 33.7 Å². The number of aryl methyl sites for hydroxylation is 1. The molecule has 9 heteroatoms. The standard InChI is InChI=1S/C10H15N2O2.C3BFN3/c1-3-10(13)14-8-7-12-6-5-11(4-2)9-12;5-4(1-6,2-7)3-8/h3,5-6,9H,1,4,7-8H2,2H3;/q+1;-1. The summed E-state index contributed by atoms with van der Waals surface area (Å²) in [5.74, 6) is 2.48. The van der Waals surface area contributed by atoms with Gasteiger partial charge in [-0.1, -0.05) is 24.5 Å². The van der Waals surface area contributed by atoms with Crippen LogP contribution in [0.2, 0.25) is 0 Å². The maximum absolute atomic E-state index is 12.0. The Hall–Kier alpha value is -3.12. The molecule has 0 spiro atoms. The van der Waals surface area contributed by atoms with Crippen LogP contribution >= 0.6 is 0 Å². The number of ether oxygens (including phenoxy) is 1. The largest absolute Gasteiger partial charge is 0.468 e. The van der Waals surface area contributed by atoms with Crippen LogP contribution in [-0.4, -0.2) is 23.6 Å². The van der Waals surface area contributed by atoms with E-state index >= 15 is 0 Å². The van der Waals surface area contributed by atoms with E-state index in [1.54, 1.807) is 0 Å². The highest BCUT2D eigenvalue weighted by molar-refractivity contribution is 6.93. The molecule has 0 aliphatic rings. The van der Waals surface area contributed by atoms with Crippen molar-refractivity contribution < 1.29 is 18.4 Å². The molecule has 0 unspecified atom stereocenters. The minimum absolute atomic E-state index is 0.375. The van der Waals surface area contributed by atoms with Crippen LogP contribution in [0.5, 0.6) is 0 Å². The van der Waals surface area contributed by atoms with Gasteiger partial charge in [-0.05, 0) is 6.92 Å². The van der Waals surface area contributed by atoms with Crippen molar-refractivity contribution in [2.75, 3.05) is 6.61 Å². The molecule has 1 aromatic rings. The number of imidazole rings is 1. The molecule has 0 saturated heterocycles. The maximum atomic E-state index is 12.0. The van der Waals surface area contributed by atoms with Crippen LogP contribution in [0.15, 0.2) is 31.4 Å². The van der Waals surface area contributed by atoms with Gasteiger partial charge in [-0.3, -0.25) is 0 Å². The average Bonchev–Trinajstić information content (AvgIpc) is 3.02. The molecule has 0 bridgehead atoms. The summed E-state index contributed by atoms with van der Waals surface area (Å²) in [5, 5.41) is 23.2. The van der Waals surface area contributed by atoms with E-state index in [4.69, 9.17) is 20.5 Å². The second kappa shape index (κ2) is 9.74. The molecule has 0 saturated carbocycles. The Kier molecular flexibility index (Phi) is 8.36. The summed E-state index contributed by atoms with van der Waals surface area (Å²) in [6.45, 7) is 7.38. The van der Waals surface area contributed by atoms with Crippen LogP contribution in [0.3, 0.4) is 0 Å². The quantitative estimate of drug-likeness (QED) is 0.343. The summed E-state index contributed by atoms with van der Waals surface area (Å²) in [5.41, 5.74) is 0. The zero-order valence-corrected chi connectivity index (χ0v) is 12.1. The molecule has 0 atom stereocenters. The number of nitrogens with zero attached hydrogens (tertiary/aromatic N) is 5. The van der Waals surface area contributed by atoms with Crippen LogP contribution < -0.4 is 4.57 Å². The Balaban J connectivity index is 0.000000472. The first kappa shape index (κ1) is 18.9. The molecule has 0 radical (unpaired) electrons. The Labute approximate surface area is 128 Å². The van der Waals surface area contributed by atoms with Crippen molar-refractivity contribution in [3.63, 3.8) is 0 Å². The van der Waals surface area contributed by atoms with Gasteiger partial charge in [0.2, 0.25) is 6.33 Å². The normalized spacial score (nSPS) is 9.23. The molecule has 0 fully saturated rings. The highest BCUT2D eigenvalue weighted by Gasteiger charge is 2.21. The molecule has 1 rings (SSSR count). The predicted molar refractivity (Wildman–Crippen MR) is 75.2 cm³/mol. The lowest BCUT2D eigenvalue weighted by atomic mass is 9.48. The second-order valence-electron chi connectivity index (χ2n) is 4.00. The summed E-state index contributed by atoms with van der Waals surface area (Å²) in [4.78, 5) is 10.7. The molecular weight excluding hydrogens is 288 g/mol. The summed E-state index contributed by atoms with van der Waals surface area (Å²) in [7, 11) is 0. The minimum atomic E-state index is -3.54. The van der Waals surface area contributed by atoms with Crippen molar-refractivity contribution in [2.24, 2.45) is 0 Å². The average molecular weight is 303 g/mol. The molecule has 7 nitrogen and oxygen atoms in total. The first-order valence-corrected chi connectivity index (χ1v) is 6.35. The first-order chi connectivity index (χ1) is 10.4. The number of carbonyl (C=O) groups is 1. The highest BCUT2D eigenvalue weighted by Crippen LogP contribution is 1.96. The molecule has 1 aromatic heterocycles. The van der Waals surface area contributed by atoms with Gasteiger partial charge in [-0.2, -0.15) is 0 Å². The van der Waals surface area contributed by atoms with E-state index < -0.39 is 6.42 Å². The minimum Gasteiger partial charge on any atom is -0.468 e. The summed E-state index contributed by atoms with van der Waals surface area (Å²) < 4.78 is 20.8. The van der Waals surface area contributed by atoms with E-state index in [2.05, 4.69) is 18.1 Å². The van der Waals surface area contributed by atoms with Crippen molar-refractivity contribution in [1.29, 1.82) is 15.8 Å². The van der Waals surface area contributed by atoms with E-state index in [0.717, 1.165) is 24.5 Å². The number of rotatable bonds is 5. The van der Waals surface area contributed by atoms with Gasteiger partial charge in [0.25, 0.3) is 0 Å². The molecule has 22 heavy (non-hydrogen) atoms. The molecule has 0 N–H and O–H groups in total. The number of hydrogen-bond donors (Lipinski definition) is 0. The van der Waals surface area contributed by atoms with Gasteiger partial charge in [0, 0.05) is 6.08 Å². The van der Waals surface area contributed by atoms with Gasteiger partial charge < -0.3 is 9.05 Å². The summed E-state index contributed by atoms with van der Waals surface area (Å²) in [6, 6.07) is 0. The highest BCUT2D eigenvalue weighted by atomic mass is 19.1. The van der Waals surface area contributed by atoms with Crippen LogP contribution in [-0.2, 0) is 22.6 Å². The van der Waals surface area contributed by atoms with Crippen LogP contribution in [0.25, 0.3) is 0 Å². The molecule has 1 heterocycles. The van der Waals surface area contributed by atoms with Crippen molar-refractivity contribution >= 4 is 12.4 Å². The topological polar surface area (TPSA) is 106 Å². The Morgan fingerprint density at radius 1 is 1.45 bits per heavy atom. The first-order valence-electron chi connectivity index (χ1n) is 6.35. The zero-order chi connectivity index (χ0) is 17.0. The number of halogens is 1. The fourth-order valence-corrected chi connectivity index (χ4v) is 1.16.